The maximum atomic E-state index is 13.3. The lowest BCUT2D eigenvalue weighted by atomic mass is 10.0. The Bertz CT molecular complexity index is 4540. The number of carbonyl (C=O) groups is 3. The largest absolute Gasteiger partial charge is 0.481 e. The number of likely N-dealkylation sites (N-methyl/N-ethyl adjacent to an activating group) is 2. The van der Waals surface area contributed by atoms with Crippen LogP contribution in [0.1, 0.15) is 79.7 Å². The average Bonchev–Trinajstić information content (AvgIpc) is 1.60. The van der Waals surface area contributed by atoms with E-state index in [1.54, 1.807) is 7.05 Å². The Labute approximate surface area is 533 Å². The number of para-hydroxylation sites is 3. The van der Waals surface area contributed by atoms with Crippen LogP contribution in [-0.4, -0.2) is 116 Å². The van der Waals surface area contributed by atoms with Crippen LogP contribution in [-0.2, 0) is 112 Å². The number of nitrogens with one attached hydrogen (secondary N) is 1. The molecule has 0 spiro atoms. The monoisotopic (exact) mass is 1320 g/mol. The van der Waals surface area contributed by atoms with Crippen LogP contribution in [0, 0.1) is 17.5 Å². The smallest absolute Gasteiger partial charge is 0.310 e. The number of esters is 2. The van der Waals surface area contributed by atoms with Crippen molar-refractivity contribution in [2.45, 2.75) is 137 Å². The van der Waals surface area contributed by atoms with Gasteiger partial charge in [0.05, 0.1) is 47.2 Å². The van der Waals surface area contributed by atoms with Crippen molar-refractivity contribution in [2.24, 2.45) is 0 Å². The standard InChI is InChI=1S/C24H27FN2O4S.C23H25FN2O4S.C21H21FN2O4S/c1-3-14-31-24(28)15-21-20-6-4-5-7-22(20)27-16-18(10-13-23(21)27)26(2)32(29,30)19-11-8-17(25)9-12-19;1-2-13-30-23(27)14-20-19-5-3-4-6-21(19)26-15-17(9-12-22(20)26)25-31(28,29)18-10-7-16(24)8-11-18;1-23(29(27,28)16-9-6-14(22)7-10-16)15-8-11-20-18(12-21(25)26)17-4-2-3-5-19(17)24(20)13-15/h4-9,11-12,18H,3,10,13-16H2,1-2H3;3-8,10-11,17,25H,2,9,12-15H2,1H3;2-7,9-10,15H,8,11-13H2,1H3,(H,25,26)/t18-;17-;15-/m111/s1. The number of hydrogen-bond donors (Lipinski definition) is 2. The van der Waals surface area contributed by atoms with Gasteiger partial charge in [-0.3, -0.25) is 14.4 Å². The van der Waals surface area contributed by atoms with Crippen LogP contribution in [0.25, 0.3) is 32.7 Å². The van der Waals surface area contributed by atoms with Crippen molar-refractivity contribution in [2.75, 3.05) is 27.3 Å². The van der Waals surface area contributed by atoms with Crippen LogP contribution >= 0.6 is 0 Å². The third-order valence-electron chi connectivity index (χ3n) is 17.3. The molecule has 6 aromatic carbocycles. The minimum absolute atomic E-state index is 0.0384. The minimum Gasteiger partial charge on any atom is -0.481 e. The van der Waals surface area contributed by atoms with E-state index >= 15 is 0 Å². The molecule has 3 aliphatic rings. The Morgan fingerprint density at radius 3 is 1.20 bits per heavy atom. The first-order chi connectivity index (χ1) is 44.0. The number of aliphatic carboxylic acids is 1. The molecule has 3 atom stereocenters. The Balaban J connectivity index is 0.000000151. The number of sulfonamides is 3. The summed E-state index contributed by atoms with van der Waals surface area (Å²) < 4.78 is 140. The fraction of sp³-hybridized carbons (Fsp3) is 0.338. The van der Waals surface area contributed by atoms with Gasteiger partial charge in [-0.25, -0.2) is 43.1 Å². The van der Waals surface area contributed by atoms with Crippen molar-refractivity contribution < 1.29 is 67.4 Å². The van der Waals surface area contributed by atoms with Crippen molar-refractivity contribution in [1.29, 1.82) is 0 Å². The zero-order chi connectivity index (χ0) is 65.6. The summed E-state index contributed by atoms with van der Waals surface area (Å²) in [5.41, 5.74) is 8.65. The van der Waals surface area contributed by atoms with Gasteiger partial charge in [0.25, 0.3) is 0 Å². The van der Waals surface area contributed by atoms with Gasteiger partial charge < -0.3 is 28.3 Å². The predicted octanol–water partition coefficient (Wildman–Crippen LogP) is 10.5. The van der Waals surface area contributed by atoms with E-state index in [1.807, 2.05) is 91.2 Å². The average molecular weight is 1320 g/mol. The lowest BCUT2D eigenvalue weighted by Crippen LogP contribution is -2.42. The highest BCUT2D eigenvalue weighted by molar-refractivity contribution is 7.89. The van der Waals surface area contributed by atoms with Crippen LogP contribution in [0.15, 0.2) is 160 Å². The quantitative estimate of drug-likeness (QED) is 0.0721. The molecular formula is C68H73F3N6O12S3. The Morgan fingerprint density at radius 2 is 0.826 bits per heavy atom. The van der Waals surface area contributed by atoms with Crippen molar-refractivity contribution in [3.63, 3.8) is 0 Å². The second-order valence-corrected chi connectivity index (χ2v) is 28.9. The molecule has 3 aromatic heterocycles. The normalized spacial score (nSPS) is 16.5. The topological polar surface area (TPSA) is 226 Å². The van der Waals surface area contributed by atoms with Gasteiger partial charge >= 0.3 is 17.9 Å². The highest BCUT2D eigenvalue weighted by atomic mass is 32.2. The molecule has 0 aliphatic carbocycles. The van der Waals surface area contributed by atoms with Gasteiger partial charge in [-0.2, -0.15) is 8.61 Å². The van der Waals surface area contributed by atoms with Crippen molar-refractivity contribution in [3.05, 3.63) is 197 Å². The zero-order valence-corrected chi connectivity index (χ0v) is 53.9. The number of aromatic nitrogens is 3. The summed E-state index contributed by atoms with van der Waals surface area (Å²) in [6.07, 6.45) is 5.60. The molecule has 486 valence electrons. The van der Waals surface area contributed by atoms with E-state index in [2.05, 4.69) is 13.9 Å². The molecule has 0 amide bonds. The number of hydrogen-bond acceptors (Lipinski definition) is 11. The Kier molecular flexibility index (Phi) is 20.6. The predicted molar refractivity (Wildman–Crippen MR) is 343 cm³/mol. The number of rotatable bonds is 19. The third kappa shape index (κ3) is 14.4. The van der Waals surface area contributed by atoms with Gasteiger partial charge in [-0.15, -0.1) is 0 Å². The molecule has 0 saturated heterocycles. The van der Waals surface area contributed by atoms with E-state index in [4.69, 9.17) is 9.47 Å². The molecule has 0 fully saturated rings. The molecule has 2 N–H and O–H groups in total. The Hall–Kier alpha value is -8.13. The minimum atomic E-state index is -3.76. The van der Waals surface area contributed by atoms with Crippen molar-refractivity contribution in [3.8, 4) is 0 Å². The van der Waals surface area contributed by atoms with Gasteiger partial charge in [0.15, 0.2) is 0 Å². The molecule has 0 radical (unpaired) electrons. The lowest BCUT2D eigenvalue weighted by molar-refractivity contribution is -0.143. The number of carboxylic acids is 1. The van der Waals surface area contributed by atoms with E-state index in [1.165, 1.54) is 52.1 Å². The number of fused-ring (bicyclic) bond motifs is 9. The fourth-order valence-corrected chi connectivity index (χ4v) is 16.7. The second kappa shape index (κ2) is 28.4. The number of benzene rings is 6. The first-order valence-electron chi connectivity index (χ1n) is 30.6. The molecule has 24 heteroatoms. The molecule has 3 aliphatic heterocycles. The summed E-state index contributed by atoms with van der Waals surface area (Å²) in [5.74, 6) is -2.83. The maximum absolute atomic E-state index is 13.3. The molecule has 0 saturated carbocycles. The summed E-state index contributed by atoms with van der Waals surface area (Å²) >= 11 is 0. The molecule has 18 nitrogen and oxygen atoms in total. The molecule has 6 heterocycles. The number of carbonyl (C=O) groups excluding carboxylic acids is 2. The maximum Gasteiger partial charge on any atom is 0.310 e. The van der Waals surface area contributed by atoms with Gasteiger partial charge in [0, 0.05) is 102 Å². The number of halogens is 3. The summed E-state index contributed by atoms with van der Waals surface area (Å²) in [4.78, 5) is 36.1. The zero-order valence-electron chi connectivity index (χ0n) is 51.4. The van der Waals surface area contributed by atoms with E-state index in [-0.39, 0.29) is 64.0 Å². The first kappa shape index (κ1) is 66.8. The van der Waals surface area contributed by atoms with E-state index in [0.29, 0.717) is 71.4 Å². The van der Waals surface area contributed by atoms with E-state index in [0.717, 1.165) is 116 Å². The number of ether oxygens (including phenoxy) is 2. The van der Waals surface area contributed by atoms with E-state index < -0.39 is 53.5 Å². The summed E-state index contributed by atoms with van der Waals surface area (Å²) in [6, 6.07) is 37.0. The number of carboxylic acid groups (broad SMARTS) is 1. The molecule has 0 unspecified atom stereocenters. The third-order valence-corrected chi connectivity index (χ3v) is 22.7. The van der Waals surface area contributed by atoms with Crippen LogP contribution in [0.5, 0.6) is 0 Å². The molecule has 9 aromatic rings. The SMILES string of the molecule is CCCOC(=O)Cc1c2n(c3ccccc13)C[C@H](N(C)S(=O)(=O)c1ccc(F)cc1)CC2.CCCOC(=O)Cc1c2n(c3ccccc13)C[C@H](NS(=O)(=O)c1ccc(F)cc1)CC2.CN([C@@H]1CCc2c(CC(=O)O)c3ccccc3n2C1)S(=O)(=O)c1ccc(F)cc1. The van der Waals surface area contributed by atoms with Crippen LogP contribution < -0.4 is 4.72 Å². The number of nitrogens with zero attached hydrogens (tertiary/aromatic N) is 5. The highest BCUT2D eigenvalue weighted by Crippen LogP contribution is 2.37. The fourth-order valence-electron chi connectivity index (χ4n) is 12.7. The summed E-state index contributed by atoms with van der Waals surface area (Å²) in [7, 11) is -8.17. The van der Waals surface area contributed by atoms with E-state index in [9.17, 15) is 57.9 Å². The van der Waals surface area contributed by atoms with Crippen molar-refractivity contribution in [1.82, 2.24) is 27.0 Å². The van der Waals surface area contributed by atoms with Gasteiger partial charge in [0.2, 0.25) is 30.1 Å². The van der Waals surface area contributed by atoms with Gasteiger partial charge in [0.1, 0.15) is 17.5 Å². The van der Waals surface area contributed by atoms with Crippen molar-refractivity contribution >= 4 is 80.7 Å². The summed E-state index contributed by atoms with van der Waals surface area (Å²) in [6.45, 7) is 6.10. The first-order valence-corrected chi connectivity index (χ1v) is 34.9. The molecular weight excluding hydrogens is 1250 g/mol. The molecule has 0 bridgehead atoms. The van der Waals surface area contributed by atoms with Crippen LogP contribution in [0.4, 0.5) is 13.2 Å². The van der Waals surface area contributed by atoms with Crippen LogP contribution in [0.3, 0.4) is 0 Å². The van der Waals surface area contributed by atoms with Crippen LogP contribution in [0.2, 0.25) is 0 Å². The Morgan fingerprint density at radius 1 is 0.489 bits per heavy atom. The molecule has 12 rings (SSSR count). The van der Waals surface area contributed by atoms with Gasteiger partial charge in [-0.1, -0.05) is 68.4 Å². The highest BCUT2D eigenvalue weighted by Gasteiger charge is 2.36. The second-order valence-electron chi connectivity index (χ2n) is 23.2. The molecule has 92 heavy (non-hydrogen) atoms. The summed E-state index contributed by atoms with van der Waals surface area (Å²) in [5, 5.41) is 12.2. The van der Waals surface area contributed by atoms with Gasteiger partial charge in [-0.05, 0) is 159 Å². The lowest BCUT2D eigenvalue weighted by Gasteiger charge is -2.32.